The van der Waals surface area contributed by atoms with Crippen molar-refractivity contribution in [2.24, 2.45) is 11.8 Å². The van der Waals surface area contributed by atoms with Crippen LogP contribution in [0.2, 0.25) is 0 Å². The van der Waals surface area contributed by atoms with E-state index in [1.54, 1.807) is 7.11 Å². The van der Waals surface area contributed by atoms with Gasteiger partial charge >= 0.3 is 0 Å². The fraction of sp³-hybridized carbons (Fsp3) is 0.579. The summed E-state index contributed by atoms with van der Waals surface area (Å²) in [5.41, 5.74) is 1.32. The molecule has 0 aromatic rings. The minimum absolute atomic E-state index is 0.347. The molecule has 22 heavy (non-hydrogen) atoms. The van der Waals surface area contributed by atoms with Crippen molar-refractivity contribution in [2.75, 3.05) is 26.9 Å². The van der Waals surface area contributed by atoms with Crippen LogP contribution in [0, 0.1) is 11.8 Å². The molecule has 3 nitrogen and oxygen atoms in total. The summed E-state index contributed by atoms with van der Waals surface area (Å²) < 4.78 is 11.1. The second-order valence-electron chi connectivity index (χ2n) is 6.05. The van der Waals surface area contributed by atoms with E-state index < -0.39 is 0 Å². The molecule has 0 aromatic carbocycles. The van der Waals surface area contributed by atoms with Crippen molar-refractivity contribution in [1.29, 1.82) is 0 Å². The summed E-state index contributed by atoms with van der Waals surface area (Å²) in [4.78, 5) is 0. The Morgan fingerprint density at radius 2 is 2.05 bits per heavy atom. The first-order valence-electron chi connectivity index (χ1n) is 8.37. The van der Waals surface area contributed by atoms with E-state index in [4.69, 9.17) is 9.47 Å². The molecule has 0 aliphatic heterocycles. The Balaban J connectivity index is 1.99. The number of fused-ring (bicyclic) bond motifs is 1. The summed E-state index contributed by atoms with van der Waals surface area (Å²) in [6.45, 7) is 6.79. The molecule has 0 bridgehead atoms. The molecule has 3 atom stereocenters. The standard InChI is InChI=1S/C19H29NO2/c1-4-15(2)20-14-16-12-17-8-5-6-9-18(17)19(13-16)22-11-7-10-21-3/h5-6,8-9,12-13,15,17-18,20H,4,7,10-11,14H2,1-3H3. The van der Waals surface area contributed by atoms with E-state index in [-0.39, 0.29) is 0 Å². The Morgan fingerprint density at radius 3 is 2.82 bits per heavy atom. The molecule has 0 saturated carbocycles. The molecular formula is C19H29NO2. The van der Waals surface area contributed by atoms with Crippen molar-refractivity contribution in [1.82, 2.24) is 5.32 Å². The van der Waals surface area contributed by atoms with Crippen LogP contribution in [0.4, 0.5) is 0 Å². The summed E-state index contributed by atoms with van der Waals surface area (Å²) in [6.07, 6.45) is 15.4. The molecule has 1 N–H and O–H groups in total. The van der Waals surface area contributed by atoms with Crippen molar-refractivity contribution >= 4 is 0 Å². The molecule has 122 valence electrons. The minimum Gasteiger partial charge on any atom is -0.497 e. The Morgan fingerprint density at radius 1 is 1.23 bits per heavy atom. The third kappa shape index (κ3) is 4.85. The Hall–Kier alpha value is -1.32. The van der Waals surface area contributed by atoms with E-state index in [9.17, 15) is 0 Å². The topological polar surface area (TPSA) is 30.5 Å². The molecule has 3 unspecified atom stereocenters. The monoisotopic (exact) mass is 303 g/mol. The molecule has 0 fully saturated rings. The van der Waals surface area contributed by atoms with Gasteiger partial charge in [0.05, 0.1) is 6.61 Å². The molecule has 2 aliphatic carbocycles. The van der Waals surface area contributed by atoms with Gasteiger partial charge in [0.1, 0.15) is 5.76 Å². The van der Waals surface area contributed by atoms with Crippen LogP contribution in [0.5, 0.6) is 0 Å². The van der Waals surface area contributed by atoms with Gasteiger partial charge in [-0.05, 0) is 25.0 Å². The van der Waals surface area contributed by atoms with E-state index in [0.29, 0.717) is 24.5 Å². The molecule has 2 rings (SSSR count). The zero-order valence-corrected chi connectivity index (χ0v) is 14.0. The highest BCUT2D eigenvalue weighted by Crippen LogP contribution is 2.34. The van der Waals surface area contributed by atoms with E-state index in [1.807, 2.05) is 0 Å². The van der Waals surface area contributed by atoms with Gasteiger partial charge in [0.2, 0.25) is 0 Å². The van der Waals surface area contributed by atoms with Gasteiger partial charge in [-0.1, -0.05) is 37.3 Å². The van der Waals surface area contributed by atoms with E-state index in [1.165, 1.54) is 5.57 Å². The van der Waals surface area contributed by atoms with Gasteiger partial charge in [0, 0.05) is 44.6 Å². The van der Waals surface area contributed by atoms with Crippen molar-refractivity contribution in [3.63, 3.8) is 0 Å². The fourth-order valence-electron chi connectivity index (χ4n) is 2.72. The molecule has 0 saturated heterocycles. The number of rotatable bonds is 9. The molecule has 3 heteroatoms. The number of ether oxygens (including phenoxy) is 2. The van der Waals surface area contributed by atoms with E-state index in [0.717, 1.165) is 31.8 Å². The largest absolute Gasteiger partial charge is 0.497 e. The Kier molecular flexibility index (Phi) is 6.94. The Bertz CT molecular complexity index is 462. The quantitative estimate of drug-likeness (QED) is 0.660. The first-order valence-corrected chi connectivity index (χ1v) is 8.37. The van der Waals surface area contributed by atoms with Gasteiger partial charge in [-0.15, -0.1) is 0 Å². The van der Waals surface area contributed by atoms with Gasteiger partial charge in [-0.25, -0.2) is 0 Å². The maximum atomic E-state index is 6.05. The lowest BCUT2D eigenvalue weighted by atomic mass is 9.81. The first-order chi connectivity index (χ1) is 10.7. The maximum Gasteiger partial charge on any atom is 0.104 e. The SMILES string of the molecule is CCC(C)NCC1=CC2C=CC=CC2C(OCCCOC)=C1. The lowest BCUT2D eigenvalue weighted by Gasteiger charge is -2.29. The van der Waals surface area contributed by atoms with Crippen molar-refractivity contribution < 1.29 is 9.47 Å². The van der Waals surface area contributed by atoms with Crippen molar-refractivity contribution in [3.05, 3.63) is 47.8 Å². The summed E-state index contributed by atoms with van der Waals surface area (Å²) in [7, 11) is 1.73. The highest BCUT2D eigenvalue weighted by molar-refractivity contribution is 5.37. The number of methoxy groups -OCH3 is 1. The fourth-order valence-corrected chi connectivity index (χ4v) is 2.72. The van der Waals surface area contributed by atoms with Crippen LogP contribution in [0.15, 0.2) is 47.8 Å². The highest BCUT2D eigenvalue weighted by Gasteiger charge is 2.26. The highest BCUT2D eigenvalue weighted by atomic mass is 16.5. The van der Waals surface area contributed by atoms with Gasteiger partial charge in [0.15, 0.2) is 0 Å². The summed E-state index contributed by atoms with van der Waals surface area (Å²) in [5, 5.41) is 3.56. The third-order valence-corrected chi connectivity index (χ3v) is 4.27. The van der Waals surface area contributed by atoms with Crippen LogP contribution >= 0.6 is 0 Å². The number of nitrogens with one attached hydrogen (secondary N) is 1. The summed E-state index contributed by atoms with van der Waals surface area (Å²) in [5.74, 6) is 1.85. The van der Waals surface area contributed by atoms with Crippen LogP contribution < -0.4 is 5.32 Å². The zero-order chi connectivity index (χ0) is 15.8. The molecule has 0 heterocycles. The van der Waals surface area contributed by atoms with Crippen LogP contribution in [0.1, 0.15) is 26.7 Å². The minimum atomic E-state index is 0.347. The number of hydrogen-bond acceptors (Lipinski definition) is 3. The average molecular weight is 303 g/mol. The second-order valence-corrected chi connectivity index (χ2v) is 6.05. The number of hydrogen-bond donors (Lipinski definition) is 1. The van der Waals surface area contributed by atoms with Gasteiger partial charge in [-0.2, -0.15) is 0 Å². The maximum absolute atomic E-state index is 6.05. The molecule has 0 radical (unpaired) electrons. The van der Waals surface area contributed by atoms with Crippen molar-refractivity contribution in [3.8, 4) is 0 Å². The predicted molar refractivity (Wildman–Crippen MR) is 91.6 cm³/mol. The first kappa shape index (κ1) is 17.0. The van der Waals surface area contributed by atoms with E-state index >= 15 is 0 Å². The molecule has 0 amide bonds. The molecule has 0 spiro atoms. The van der Waals surface area contributed by atoms with Crippen LogP contribution in [0.25, 0.3) is 0 Å². The molecule has 0 aromatic heterocycles. The normalized spacial score (nSPS) is 24.5. The smallest absolute Gasteiger partial charge is 0.104 e. The van der Waals surface area contributed by atoms with Crippen LogP contribution in [-0.4, -0.2) is 32.9 Å². The van der Waals surface area contributed by atoms with E-state index in [2.05, 4.69) is 55.6 Å². The van der Waals surface area contributed by atoms with Crippen LogP contribution in [0.3, 0.4) is 0 Å². The second kappa shape index (κ2) is 8.96. The number of allylic oxidation sites excluding steroid dienone is 5. The van der Waals surface area contributed by atoms with Gasteiger partial charge < -0.3 is 14.8 Å². The van der Waals surface area contributed by atoms with Crippen LogP contribution in [-0.2, 0) is 9.47 Å². The Labute approximate surface area is 134 Å². The summed E-state index contributed by atoms with van der Waals surface area (Å²) in [6, 6.07) is 0.542. The molecular weight excluding hydrogens is 274 g/mol. The molecule has 2 aliphatic rings. The predicted octanol–water partition coefficient (Wildman–Crippen LogP) is 3.61. The third-order valence-electron chi connectivity index (χ3n) is 4.27. The van der Waals surface area contributed by atoms with Gasteiger partial charge in [-0.3, -0.25) is 0 Å². The van der Waals surface area contributed by atoms with Gasteiger partial charge in [0.25, 0.3) is 0 Å². The summed E-state index contributed by atoms with van der Waals surface area (Å²) >= 11 is 0. The lowest BCUT2D eigenvalue weighted by molar-refractivity contribution is 0.131. The zero-order valence-electron chi connectivity index (χ0n) is 14.0. The lowest BCUT2D eigenvalue weighted by Crippen LogP contribution is -2.29. The average Bonchev–Trinajstić information content (AvgIpc) is 2.56. The van der Waals surface area contributed by atoms with Crippen molar-refractivity contribution in [2.45, 2.75) is 32.7 Å².